The van der Waals surface area contributed by atoms with Crippen LogP contribution >= 0.6 is 0 Å². The van der Waals surface area contributed by atoms with Crippen LogP contribution in [-0.4, -0.2) is 24.7 Å². The first kappa shape index (κ1) is 12.2. The molecule has 0 bridgehead atoms. The third-order valence-corrected chi connectivity index (χ3v) is 1.79. The molecular formula is C12H15N3O. The van der Waals surface area contributed by atoms with Crippen molar-refractivity contribution in [2.75, 3.05) is 25.1 Å². The summed E-state index contributed by atoms with van der Waals surface area (Å²) in [5.41, 5.74) is 1.57. The van der Waals surface area contributed by atoms with Gasteiger partial charge in [-0.25, -0.2) is 4.98 Å². The molecule has 1 rings (SSSR count). The highest BCUT2D eigenvalue weighted by Gasteiger charge is 1.94. The third kappa shape index (κ3) is 4.58. The molecule has 0 saturated heterocycles. The summed E-state index contributed by atoms with van der Waals surface area (Å²) in [6, 6.07) is 5.52. The van der Waals surface area contributed by atoms with E-state index in [-0.39, 0.29) is 0 Å². The number of hydrogen-bond donors (Lipinski definition) is 1. The van der Waals surface area contributed by atoms with Gasteiger partial charge < -0.3 is 10.1 Å². The van der Waals surface area contributed by atoms with Crippen LogP contribution in [0.15, 0.2) is 30.5 Å². The Labute approximate surface area is 95.6 Å². The molecule has 1 aromatic heterocycles. The summed E-state index contributed by atoms with van der Waals surface area (Å²) >= 11 is 0. The minimum Gasteiger partial charge on any atom is -0.375 e. The lowest BCUT2D eigenvalue weighted by Gasteiger charge is -2.06. The second-order valence-corrected chi connectivity index (χ2v) is 3.48. The number of aromatic nitrogens is 1. The molecule has 1 heterocycles. The lowest BCUT2D eigenvalue weighted by atomic mass is 10.3. The van der Waals surface area contributed by atoms with Crippen LogP contribution in [0.4, 0.5) is 5.82 Å². The van der Waals surface area contributed by atoms with Gasteiger partial charge in [0, 0.05) is 12.7 Å². The number of nitrogens with zero attached hydrogens (tertiary/aromatic N) is 2. The second kappa shape index (κ2) is 6.59. The molecule has 4 nitrogen and oxygen atoms in total. The minimum absolute atomic E-state index is 0.559. The lowest BCUT2D eigenvalue weighted by molar-refractivity contribution is 0.167. The number of hydrogen-bond acceptors (Lipinski definition) is 4. The molecule has 0 saturated carbocycles. The van der Waals surface area contributed by atoms with Gasteiger partial charge in [0.2, 0.25) is 0 Å². The van der Waals surface area contributed by atoms with Gasteiger partial charge in [-0.1, -0.05) is 12.2 Å². The Bertz CT molecular complexity index is 378. The molecule has 0 aliphatic rings. The van der Waals surface area contributed by atoms with Crippen molar-refractivity contribution in [1.82, 2.24) is 4.98 Å². The van der Waals surface area contributed by atoms with Crippen molar-refractivity contribution in [3.63, 3.8) is 0 Å². The Hall–Kier alpha value is -1.86. The highest BCUT2D eigenvalue weighted by molar-refractivity contribution is 5.38. The molecular weight excluding hydrogens is 202 g/mol. The van der Waals surface area contributed by atoms with Gasteiger partial charge in [0.25, 0.3) is 0 Å². The molecule has 0 radical (unpaired) electrons. The Kier molecular flexibility index (Phi) is 5.03. The predicted molar refractivity (Wildman–Crippen MR) is 63.1 cm³/mol. The number of nitriles is 1. The van der Waals surface area contributed by atoms with E-state index in [1.54, 1.807) is 12.1 Å². The molecule has 0 aromatic carbocycles. The van der Waals surface area contributed by atoms with Crippen molar-refractivity contribution in [1.29, 1.82) is 5.26 Å². The smallest absolute Gasteiger partial charge is 0.126 e. The average Bonchev–Trinajstić information content (AvgIpc) is 2.29. The maximum Gasteiger partial charge on any atom is 0.126 e. The van der Waals surface area contributed by atoms with Crippen LogP contribution in [0.5, 0.6) is 0 Å². The van der Waals surface area contributed by atoms with E-state index in [0.29, 0.717) is 25.3 Å². The normalized spacial score (nSPS) is 9.50. The molecule has 0 fully saturated rings. The van der Waals surface area contributed by atoms with Crippen molar-refractivity contribution in [3.05, 3.63) is 36.0 Å². The van der Waals surface area contributed by atoms with E-state index in [0.717, 1.165) is 11.4 Å². The zero-order valence-corrected chi connectivity index (χ0v) is 9.36. The van der Waals surface area contributed by atoms with E-state index >= 15 is 0 Å². The van der Waals surface area contributed by atoms with Gasteiger partial charge >= 0.3 is 0 Å². The summed E-state index contributed by atoms with van der Waals surface area (Å²) in [7, 11) is 0. The summed E-state index contributed by atoms with van der Waals surface area (Å²) in [4.78, 5) is 4.08. The standard InChI is InChI=1S/C12H15N3O/c1-10(2)9-16-6-5-14-12-4-3-11(7-13)8-15-12/h3-4,8H,1,5-6,9H2,2H3,(H,14,15). The third-order valence-electron chi connectivity index (χ3n) is 1.79. The number of rotatable bonds is 6. The summed E-state index contributed by atoms with van der Waals surface area (Å²) in [6.07, 6.45) is 1.54. The lowest BCUT2D eigenvalue weighted by Crippen LogP contribution is -2.11. The van der Waals surface area contributed by atoms with Gasteiger partial charge in [-0.3, -0.25) is 0 Å². The summed E-state index contributed by atoms with van der Waals surface area (Å²) in [5, 5.41) is 11.7. The van der Waals surface area contributed by atoms with E-state index in [4.69, 9.17) is 10.00 Å². The van der Waals surface area contributed by atoms with Crippen molar-refractivity contribution < 1.29 is 4.74 Å². The first-order valence-electron chi connectivity index (χ1n) is 5.04. The topological polar surface area (TPSA) is 57.9 Å². The van der Waals surface area contributed by atoms with Crippen molar-refractivity contribution in [3.8, 4) is 6.07 Å². The molecule has 4 heteroatoms. The van der Waals surface area contributed by atoms with Crippen LogP contribution in [0.25, 0.3) is 0 Å². The molecule has 0 amide bonds. The highest BCUT2D eigenvalue weighted by atomic mass is 16.5. The van der Waals surface area contributed by atoms with Gasteiger partial charge in [-0.05, 0) is 19.1 Å². The maximum absolute atomic E-state index is 8.59. The molecule has 1 aromatic rings. The summed E-state index contributed by atoms with van der Waals surface area (Å²) in [6.45, 7) is 7.55. The van der Waals surface area contributed by atoms with Crippen LogP contribution in [0, 0.1) is 11.3 Å². The minimum atomic E-state index is 0.559. The van der Waals surface area contributed by atoms with E-state index in [9.17, 15) is 0 Å². The van der Waals surface area contributed by atoms with E-state index in [2.05, 4.69) is 16.9 Å². The van der Waals surface area contributed by atoms with Crippen LogP contribution in [0.3, 0.4) is 0 Å². The van der Waals surface area contributed by atoms with Gasteiger partial charge in [0.15, 0.2) is 0 Å². The molecule has 0 unspecified atom stereocenters. The fraction of sp³-hybridized carbons (Fsp3) is 0.333. The van der Waals surface area contributed by atoms with E-state index in [1.165, 1.54) is 6.20 Å². The average molecular weight is 217 g/mol. The second-order valence-electron chi connectivity index (χ2n) is 3.48. The van der Waals surface area contributed by atoms with E-state index < -0.39 is 0 Å². The summed E-state index contributed by atoms with van der Waals surface area (Å²) < 4.78 is 5.32. The zero-order valence-electron chi connectivity index (χ0n) is 9.36. The Balaban J connectivity index is 2.22. The first-order valence-corrected chi connectivity index (χ1v) is 5.04. The molecule has 0 spiro atoms. The van der Waals surface area contributed by atoms with Crippen molar-refractivity contribution in [2.24, 2.45) is 0 Å². The Morgan fingerprint density at radius 3 is 3.00 bits per heavy atom. The quantitative estimate of drug-likeness (QED) is 0.584. The van der Waals surface area contributed by atoms with Crippen molar-refractivity contribution in [2.45, 2.75) is 6.92 Å². The largest absolute Gasteiger partial charge is 0.375 e. The fourth-order valence-electron chi connectivity index (χ4n) is 1.06. The monoisotopic (exact) mass is 217 g/mol. The number of nitrogens with one attached hydrogen (secondary N) is 1. The van der Waals surface area contributed by atoms with Gasteiger partial charge in [0.05, 0.1) is 18.8 Å². The predicted octanol–water partition coefficient (Wildman–Crippen LogP) is 1.96. The number of pyridine rings is 1. The molecule has 84 valence electrons. The van der Waals surface area contributed by atoms with Gasteiger partial charge in [0.1, 0.15) is 11.9 Å². The maximum atomic E-state index is 8.59. The Morgan fingerprint density at radius 1 is 1.62 bits per heavy atom. The number of anilines is 1. The number of ether oxygens (including phenoxy) is 1. The van der Waals surface area contributed by atoms with Crippen LogP contribution in [-0.2, 0) is 4.74 Å². The Morgan fingerprint density at radius 2 is 2.44 bits per heavy atom. The van der Waals surface area contributed by atoms with E-state index in [1.807, 2.05) is 13.0 Å². The molecule has 1 N–H and O–H groups in total. The van der Waals surface area contributed by atoms with Crippen LogP contribution in [0.1, 0.15) is 12.5 Å². The fourth-order valence-corrected chi connectivity index (χ4v) is 1.06. The first-order chi connectivity index (χ1) is 7.72. The van der Waals surface area contributed by atoms with Crippen LogP contribution < -0.4 is 5.32 Å². The van der Waals surface area contributed by atoms with Gasteiger partial charge in [-0.2, -0.15) is 5.26 Å². The van der Waals surface area contributed by atoms with Crippen molar-refractivity contribution >= 4 is 5.82 Å². The molecule has 0 aliphatic carbocycles. The molecule has 16 heavy (non-hydrogen) atoms. The SMILES string of the molecule is C=C(C)COCCNc1ccc(C#N)cn1. The summed E-state index contributed by atoms with van der Waals surface area (Å²) in [5.74, 6) is 0.748. The zero-order chi connectivity index (χ0) is 11.8. The molecule has 0 atom stereocenters. The molecule has 0 aliphatic heterocycles. The van der Waals surface area contributed by atoms with Gasteiger partial charge in [-0.15, -0.1) is 0 Å². The van der Waals surface area contributed by atoms with Crippen LogP contribution in [0.2, 0.25) is 0 Å². The highest BCUT2D eigenvalue weighted by Crippen LogP contribution is 2.03.